The summed E-state index contributed by atoms with van der Waals surface area (Å²) >= 11 is 0. The van der Waals surface area contributed by atoms with E-state index in [4.69, 9.17) is 4.11 Å². The monoisotopic (exact) mass is 622 g/mol. The van der Waals surface area contributed by atoms with Gasteiger partial charge in [0.25, 0.3) is 0 Å². The molecule has 5 aromatic rings. The molecule has 3 heteroatoms. The average Bonchev–Trinajstić information content (AvgIpc) is 2.89. The van der Waals surface area contributed by atoms with Crippen molar-refractivity contribution >= 4 is 0 Å². The van der Waals surface area contributed by atoms with Crippen LogP contribution in [-0.4, -0.2) is 9.97 Å². The molecule has 34 heavy (non-hydrogen) atoms. The molecule has 0 aliphatic carbocycles. The molecule has 2 aromatic heterocycles. The third-order valence-corrected chi connectivity index (χ3v) is 5.20. The topological polar surface area (TPSA) is 25.8 Å². The Hall–Kier alpha value is -3.39. The Morgan fingerprint density at radius 2 is 1.44 bits per heavy atom. The summed E-state index contributed by atoms with van der Waals surface area (Å²) in [6.45, 7) is 1.76. The molecule has 0 fully saturated rings. The number of pyridine rings is 2. The Balaban J connectivity index is 0.000000201. The van der Waals surface area contributed by atoms with Crippen molar-refractivity contribution in [1.82, 2.24) is 9.97 Å². The minimum Gasteiger partial charge on any atom is -0.305 e. The number of hydrogen-bond donors (Lipinski definition) is 0. The largest absolute Gasteiger partial charge is 0.305 e. The summed E-state index contributed by atoms with van der Waals surface area (Å²) in [5.74, 6) is 0. The fourth-order valence-corrected chi connectivity index (χ4v) is 3.36. The summed E-state index contributed by atoms with van der Waals surface area (Å²) in [7, 11) is 0. The van der Waals surface area contributed by atoms with Gasteiger partial charge in [0.05, 0.1) is 0 Å². The summed E-state index contributed by atoms with van der Waals surface area (Å²) in [6.07, 6.45) is 3.27. The first-order chi connectivity index (χ1) is 17.3. The van der Waals surface area contributed by atoms with E-state index in [-0.39, 0.29) is 20.1 Å². The minimum atomic E-state index is -2.10. The van der Waals surface area contributed by atoms with E-state index in [1.165, 1.54) is 22.9 Å². The van der Waals surface area contributed by atoms with Crippen LogP contribution in [0.25, 0.3) is 33.6 Å². The van der Waals surface area contributed by atoms with Crippen molar-refractivity contribution in [2.75, 3.05) is 0 Å². The second-order valence-electron chi connectivity index (χ2n) is 7.74. The standard InChI is InChI=1S/C18H14N.C13H12N.Ir/c1-14-10-11-19-18(12-14)17-9-5-8-16(13-17)15-6-3-2-4-7-15;1-10-8-13(14-9-11(10)2)12-6-4-3-5-7-12;/h2-8,10-13H,1H3;3-6,8-9H,1-2H3;/q2*-1;/i;2D3;. The van der Waals surface area contributed by atoms with Crippen LogP contribution >= 0.6 is 0 Å². The second kappa shape index (κ2) is 12.2. The van der Waals surface area contributed by atoms with E-state index >= 15 is 0 Å². The third-order valence-electron chi connectivity index (χ3n) is 5.20. The maximum absolute atomic E-state index is 7.37. The van der Waals surface area contributed by atoms with Crippen LogP contribution in [0.15, 0.2) is 103 Å². The van der Waals surface area contributed by atoms with Crippen LogP contribution in [0, 0.1) is 32.8 Å². The molecule has 0 saturated heterocycles. The average molecular weight is 622 g/mol. The molecule has 0 unspecified atom stereocenters. The predicted molar refractivity (Wildman–Crippen MR) is 137 cm³/mol. The van der Waals surface area contributed by atoms with E-state index in [1.807, 2.05) is 48.7 Å². The summed E-state index contributed by atoms with van der Waals surface area (Å²) in [4.78, 5) is 8.60. The zero-order chi connectivity index (χ0) is 25.5. The van der Waals surface area contributed by atoms with Gasteiger partial charge in [-0.3, -0.25) is 0 Å². The van der Waals surface area contributed by atoms with Gasteiger partial charge < -0.3 is 9.97 Å². The van der Waals surface area contributed by atoms with Crippen LogP contribution in [0.2, 0.25) is 0 Å². The van der Waals surface area contributed by atoms with Gasteiger partial charge in [0, 0.05) is 36.6 Å². The maximum atomic E-state index is 7.37. The molecule has 5 rings (SSSR count). The molecule has 0 amide bonds. The fourth-order valence-electron chi connectivity index (χ4n) is 3.36. The van der Waals surface area contributed by atoms with E-state index in [0.717, 1.165) is 28.1 Å². The van der Waals surface area contributed by atoms with Crippen LogP contribution < -0.4 is 0 Å². The quantitative estimate of drug-likeness (QED) is 0.193. The van der Waals surface area contributed by atoms with Gasteiger partial charge in [-0.2, -0.15) is 0 Å². The van der Waals surface area contributed by atoms with E-state index in [0.29, 0.717) is 5.56 Å². The molecular formula is C31H26IrN2-2. The molecule has 0 atom stereocenters. The zero-order valence-corrected chi connectivity index (χ0v) is 21.4. The molecule has 0 bridgehead atoms. The van der Waals surface area contributed by atoms with Crippen LogP contribution in [0.4, 0.5) is 0 Å². The SMILES string of the molecule is Cc1ccnc(-c2[c-]ccc(-c3ccccc3)c2)c1.[2H]C([2H])([2H])c1cnc(-c2[c-]cccc2)cc1C.[Ir]. The van der Waals surface area contributed by atoms with Crippen LogP contribution in [-0.2, 0) is 20.1 Å². The number of aryl methyl sites for hydroxylation is 3. The third kappa shape index (κ3) is 6.57. The molecule has 1 radical (unpaired) electrons. The number of benzene rings is 3. The van der Waals surface area contributed by atoms with Crippen LogP contribution in [0.5, 0.6) is 0 Å². The van der Waals surface area contributed by atoms with Gasteiger partial charge in [0.1, 0.15) is 0 Å². The van der Waals surface area contributed by atoms with E-state index in [1.54, 1.807) is 13.0 Å². The van der Waals surface area contributed by atoms with Gasteiger partial charge in [-0.25, -0.2) is 0 Å². The van der Waals surface area contributed by atoms with Crippen molar-refractivity contribution in [1.29, 1.82) is 0 Å². The molecule has 0 aliphatic heterocycles. The molecule has 0 aliphatic rings. The Morgan fingerprint density at radius 1 is 0.676 bits per heavy atom. The van der Waals surface area contributed by atoms with E-state index < -0.39 is 6.85 Å². The van der Waals surface area contributed by atoms with Crippen molar-refractivity contribution in [2.45, 2.75) is 20.7 Å². The number of nitrogens with zero attached hydrogens (tertiary/aromatic N) is 2. The van der Waals surface area contributed by atoms with Crippen LogP contribution in [0.1, 0.15) is 20.8 Å². The fraction of sp³-hybridized carbons (Fsp3) is 0.0968. The Bertz CT molecular complexity index is 1440. The first kappa shape index (κ1) is 21.2. The van der Waals surface area contributed by atoms with Crippen LogP contribution in [0.3, 0.4) is 0 Å². The Kier molecular flexibility index (Phi) is 7.58. The van der Waals surface area contributed by atoms with Gasteiger partial charge in [-0.15, -0.1) is 71.3 Å². The number of rotatable bonds is 3. The van der Waals surface area contributed by atoms with E-state index in [2.05, 4.69) is 71.5 Å². The smallest absolute Gasteiger partial charge is 0.0280 e. The van der Waals surface area contributed by atoms with E-state index in [9.17, 15) is 0 Å². The van der Waals surface area contributed by atoms with Crippen molar-refractivity contribution in [3.63, 3.8) is 0 Å². The van der Waals surface area contributed by atoms with Crippen molar-refractivity contribution in [2.24, 2.45) is 0 Å². The Morgan fingerprint density at radius 3 is 2.15 bits per heavy atom. The summed E-state index contributed by atoms with van der Waals surface area (Å²) < 4.78 is 22.1. The predicted octanol–water partition coefficient (Wildman–Crippen LogP) is 7.69. The molecule has 0 N–H and O–H groups in total. The summed E-state index contributed by atoms with van der Waals surface area (Å²) in [5, 5.41) is 0. The number of hydrogen-bond acceptors (Lipinski definition) is 2. The summed E-state index contributed by atoms with van der Waals surface area (Å²) in [5.41, 5.74) is 8.27. The normalized spacial score (nSPS) is 11.6. The van der Waals surface area contributed by atoms with Gasteiger partial charge >= 0.3 is 0 Å². The maximum Gasteiger partial charge on any atom is 0.0280 e. The second-order valence-corrected chi connectivity index (χ2v) is 7.74. The molecular weight excluding hydrogens is 593 g/mol. The first-order valence-electron chi connectivity index (χ1n) is 12.3. The van der Waals surface area contributed by atoms with Gasteiger partial charge in [0.15, 0.2) is 0 Å². The molecule has 171 valence electrons. The molecule has 0 saturated carbocycles. The molecule has 2 heterocycles. The van der Waals surface area contributed by atoms with Gasteiger partial charge in [-0.1, -0.05) is 53.6 Å². The molecule has 2 nitrogen and oxygen atoms in total. The minimum absolute atomic E-state index is 0. The van der Waals surface area contributed by atoms with Gasteiger partial charge in [0.2, 0.25) is 0 Å². The molecule has 3 aromatic carbocycles. The van der Waals surface area contributed by atoms with Crippen molar-refractivity contribution < 1.29 is 24.2 Å². The first-order valence-corrected chi connectivity index (χ1v) is 10.8. The van der Waals surface area contributed by atoms with Crippen molar-refractivity contribution in [3.8, 4) is 33.6 Å². The Labute approximate surface area is 220 Å². The number of aromatic nitrogens is 2. The zero-order valence-electron chi connectivity index (χ0n) is 22.0. The molecule has 0 spiro atoms. The summed E-state index contributed by atoms with van der Waals surface area (Å²) in [6, 6.07) is 36.2. The van der Waals surface area contributed by atoms with Crippen molar-refractivity contribution in [3.05, 3.63) is 132 Å². The van der Waals surface area contributed by atoms with Gasteiger partial charge in [-0.05, 0) is 49.3 Å².